The van der Waals surface area contributed by atoms with E-state index < -0.39 is 0 Å². The molecule has 0 saturated carbocycles. The van der Waals surface area contributed by atoms with Crippen LogP contribution >= 0.6 is 0 Å². The van der Waals surface area contributed by atoms with E-state index >= 15 is 0 Å². The molecular formula is C28H40N2O4. The van der Waals surface area contributed by atoms with Crippen LogP contribution in [0.25, 0.3) is 0 Å². The molecule has 0 radical (unpaired) electrons. The molecule has 2 heterocycles. The minimum absolute atomic E-state index is 0.104. The Morgan fingerprint density at radius 3 is 2.53 bits per heavy atom. The van der Waals surface area contributed by atoms with Crippen LogP contribution in [-0.4, -0.2) is 46.8 Å². The van der Waals surface area contributed by atoms with Crippen LogP contribution in [0.4, 0.5) is 0 Å². The van der Waals surface area contributed by atoms with Gasteiger partial charge in [0, 0.05) is 30.1 Å². The molecular weight excluding hydrogens is 428 g/mol. The number of carbonyl (C=O) groups excluding carboxylic acids is 2. The lowest BCUT2D eigenvalue weighted by Crippen LogP contribution is -2.51. The summed E-state index contributed by atoms with van der Waals surface area (Å²) in [5.74, 6) is 0.185. The summed E-state index contributed by atoms with van der Waals surface area (Å²) in [5.41, 5.74) is 4.05. The van der Waals surface area contributed by atoms with E-state index in [1.54, 1.807) is 0 Å². The highest BCUT2D eigenvalue weighted by Crippen LogP contribution is 2.39. The van der Waals surface area contributed by atoms with E-state index in [0.29, 0.717) is 19.5 Å². The molecule has 1 aliphatic heterocycles. The van der Waals surface area contributed by atoms with Crippen molar-refractivity contribution >= 4 is 12.3 Å². The summed E-state index contributed by atoms with van der Waals surface area (Å²) in [6.45, 7) is 11.9. The van der Waals surface area contributed by atoms with Gasteiger partial charge in [-0.3, -0.25) is 9.59 Å². The predicted octanol–water partition coefficient (Wildman–Crippen LogP) is 5.07. The van der Waals surface area contributed by atoms with Crippen molar-refractivity contribution < 1.29 is 19.1 Å². The topological polar surface area (TPSA) is 60.8 Å². The Morgan fingerprint density at radius 2 is 1.88 bits per heavy atom. The number of carbonyl (C=O) groups is 2. The summed E-state index contributed by atoms with van der Waals surface area (Å²) in [6, 6.07) is 12.5. The van der Waals surface area contributed by atoms with Gasteiger partial charge in [0.1, 0.15) is 13.0 Å². The fraction of sp³-hybridized carbons (Fsp3) is 0.571. The maximum Gasteiger partial charge on any atom is 0.294 e. The second-order valence-corrected chi connectivity index (χ2v) is 10.9. The molecule has 0 unspecified atom stereocenters. The summed E-state index contributed by atoms with van der Waals surface area (Å²) in [6.07, 6.45) is 3.81. The second-order valence-electron chi connectivity index (χ2n) is 10.9. The summed E-state index contributed by atoms with van der Waals surface area (Å²) in [4.78, 5) is 25.9. The molecule has 0 bridgehead atoms. The number of aryl methyl sites for hydroxylation is 3. The van der Waals surface area contributed by atoms with Crippen molar-refractivity contribution in [3.63, 3.8) is 0 Å². The van der Waals surface area contributed by atoms with Crippen molar-refractivity contribution in [2.75, 3.05) is 13.3 Å². The number of Topliss-reactive ketones (excluding diaryl/α,β-unsaturated/α-hetero) is 1. The van der Waals surface area contributed by atoms with Crippen molar-refractivity contribution in [3.8, 4) is 0 Å². The number of hydrogen-bond acceptors (Lipinski definition) is 5. The number of rotatable bonds is 11. The van der Waals surface area contributed by atoms with Crippen molar-refractivity contribution in [1.29, 1.82) is 0 Å². The lowest BCUT2D eigenvalue weighted by molar-refractivity contribution is -0.144. The van der Waals surface area contributed by atoms with Crippen molar-refractivity contribution in [1.82, 2.24) is 9.47 Å². The van der Waals surface area contributed by atoms with Gasteiger partial charge in [0.05, 0.1) is 12.3 Å². The van der Waals surface area contributed by atoms with E-state index in [2.05, 4.69) is 69.9 Å². The highest BCUT2D eigenvalue weighted by molar-refractivity contribution is 5.94. The Kier molecular flexibility index (Phi) is 8.37. The molecule has 2 atom stereocenters. The molecule has 0 amide bonds. The first-order valence-electron chi connectivity index (χ1n) is 12.2. The summed E-state index contributed by atoms with van der Waals surface area (Å²) >= 11 is 0. The van der Waals surface area contributed by atoms with Crippen molar-refractivity contribution in [3.05, 3.63) is 58.9 Å². The third-order valence-electron chi connectivity index (χ3n) is 6.97. The fourth-order valence-electron chi connectivity index (χ4n) is 4.80. The average molecular weight is 469 g/mol. The Bertz CT molecular complexity index is 973. The van der Waals surface area contributed by atoms with Crippen LogP contribution in [0.1, 0.15) is 74.3 Å². The monoisotopic (exact) mass is 468 g/mol. The summed E-state index contributed by atoms with van der Waals surface area (Å²) < 4.78 is 13.3. The van der Waals surface area contributed by atoms with Gasteiger partial charge in [0.25, 0.3) is 6.47 Å². The Hall–Kier alpha value is -2.44. The minimum Gasteiger partial charge on any atom is -0.452 e. The standard InChI is InChI=1S/C28H40N2O4/c1-21-10-12-22(13-11-21)8-7-9-25(32)24-15-14-23(29(24)6)16-17-28(5)18-34-26(27(2,3)4)30(28)19-33-20-31/h10-15,20,26H,7-9,16-19H2,1-6H3/t26-,28-/m1/s1. The predicted molar refractivity (Wildman–Crippen MR) is 134 cm³/mol. The molecule has 0 aliphatic carbocycles. The van der Waals surface area contributed by atoms with E-state index in [0.717, 1.165) is 37.1 Å². The Morgan fingerprint density at radius 1 is 1.18 bits per heavy atom. The van der Waals surface area contributed by atoms with Gasteiger partial charge in [-0.25, -0.2) is 4.90 Å². The molecule has 3 rings (SSSR count). The molecule has 0 spiro atoms. The first-order valence-corrected chi connectivity index (χ1v) is 12.2. The maximum atomic E-state index is 12.9. The number of nitrogens with zero attached hydrogens (tertiary/aromatic N) is 2. The summed E-state index contributed by atoms with van der Waals surface area (Å²) in [5, 5.41) is 0. The maximum absolute atomic E-state index is 12.9. The van der Waals surface area contributed by atoms with Crippen LogP contribution in [0.15, 0.2) is 36.4 Å². The number of benzene rings is 1. The first-order chi connectivity index (χ1) is 16.0. The van der Waals surface area contributed by atoms with Gasteiger partial charge in [-0.2, -0.15) is 0 Å². The van der Waals surface area contributed by atoms with Crippen molar-refractivity contribution in [2.24, 2.45) is 12.5 Å². The van der Waals surface area contributed by atoms with Crippen LogP contribution in [0.2, 0.25) is 0 Å². The molecule has 6 nitrogen and oxygen atoms in total. The van der Waals surface area contributed by atoms with Gasteiger partial charge in [-0.1, -0.05) is 50.6 Å². The zero-order chi connectivity index (χ0) is 24.9. The number of aromatic nitrogens is 1. The van der Waals surface area contributed by atoms with Crippen molar-refractivity contribution in [2.45, 2.75) is 78.5 Å². The molecule has 0 N–H and O–H groups in total. The first kappa shape index (κ1) is 26.2. The van der Waals surface area contributed by atoms with Crippen LogP contribution < -0.4 is 0 Å². The van der Waals surface area contributed by atoms with Gasteiger partial charge in [0.15, 0.2) is 5.78 Å². The van der Waals surface area contributed by atoms with Gasteiger partial charge in [-0.05, 0) is 57.2 Å². The van der Waals surface area contributed by atoms with E-state index in [1.165, 1.54) is 11.1 Å². The Labute approximate surface area is 204 Å². The van der Waals surface area contributed by atoms with Crippen LogP contribution in [0.3, 0.4) is 0 Å². The lowest BCUT2D eigenvalue weighted by Gasteiger charge is -2.39. The Balaban J connectivity index is 1.60. The molecule has 1 aromatic heterocycles. The molecule has 34 heavy (non-hydrogen) atoms. The number of ether oxygens (including phenoxy) is 2. The number of hydrogen-bond donors (Lipinski definition) is 0. The zero-order valence-corrected chi connectivity index (χ0v) is 21.6. The van der Waals surface area contributed by atoms with E-state index in [4.69, 9.17) is 9.47 Å². The van der Waals surface area contributed by atoms with Crippen LogP contribution in [-0.2, 0) is 34.2 Å². The van der Waals surface area contributed by atoms with Crippen LogP contribution in [0, 0.1) is 12.3 Å². The van der Waals surface area contributed by atoms with Crippen LogP contribution in [0.5, 0.6) is 0 Å². The largest absolute Gasteiger partial charge is 0.452 e. The van der Waals surface area contributed by atoms with Gasteiger partial charge >= 0.3 is 0 Å². The van der Waals surface area contributed by atoms with E-state index in [-0.39, 0.29) is 29.7 Å². The molecule has 1 aliphatic rings. The second kappa shape index (κ2) is 10.9. The molecule has 2 aromatic rings. The SMILES string of the molecule is Cc1ccc(CCCC(=O)c2ccc(CC[C@]3(C)CO[C@H](C(C)(C)C)N3COC=O)n2C)cc1. The highest BCUT2D eigenvalue weighted by Gasteiger charge is 2.48. The zero-order valence-electron chi connectivity index (χ0n) is 21.6. The van der Waals surface area contributed by atoms with Gasteiger partial charge in [0.2, 0.25) is 0 Å². The smallest absolute Gasteiger partial charge is 0.294 e. The van der Waals surface area contributed by atoms with E-state index in [1.807, 2.05) is 17.7 Å². The minimum atomic E-state index is -0.260. The molecule has 1 saturated heterocycles. The van der Waals surface area contributed by atoms with E-state index in [9.17, 15) is 9.59 Å². The molecule has 186 valence electrons. The normalized spacial score (nSPS) is 21.1. The van der Waals surface area contributed by atoms with Gasteiger partial charge in [-0.15, -0.1) is 0 Å². The molecule has 1 aromatic carbocycles. The van der Waals surface area contributed by atoms with Gasteiger partial charge < -0.3 is 14.0 Å². The lowest BCUT2D eigenvalue weighted by atomic mass is 9.89. The fourth-order valence-corrected chi connectivity index (χ4v) is 4.80. The third kappa shape index (κ3) is 6.16. The number of ketones is 1. The third-order valence-corrected chi connectivity index (χ3v) is 6.97. The summed E-state index contributed by atoms with van der Waals surface area (Å²) in [7, 11) is 1.97. The molecule has 1 fully saturated rings. The quantitative estimate of drug-likeness (QED) is 0.341. The molecule has 6 heteroatoms. The average Bonchev–Trinajstić information content (AvgIpc) is 3.32. The highest BCUT2D eigenvalue weighted by atomic mass is 16.6.